The highest BCUT2D eigenvalue weighted by atomic mass is 35.5. The Labute approximate surface area is 76.9 Å². The molecule has 0 saturated heterocycles. The Balaban J connectivity index is 2.19. The minimum absolute atomic E-state index is 0.138. The smallest absolute Gasteiger partial charge is 0.203 e. The Morgan fingerprint density at radius 2 is 2.00 bits per heavy atom. The van der Waals surface area contributed by atoms with Gasteiger partial charge in [0.1, 0.15) is 0 Å². The Bertz CT molecular complexity index is 132. The zero-order chi connectivity index (χ0) is 8.10. The van der Waals surface area contributed by atoms with Crippen LogP contribution in [0.5, 0.6) is 0 Å². The van der Waals surface area contributed by atoms with Gasteiger partial charge in [0.15, 0.2) is 0 Å². The zero-order valence-electron chi connectivity index (χ0n) is 6.51. The van der Waals surface area contributed by atoms with Gasteiger partial charge in [-0.25, -0.2) is 0 Å². The average Bonchev–Trinajstić information content (AvgIpc) is 2.06. The van der Waals surface area contributed by atoms with Gasteiger partial charge in [-0.05, 0) is 12.8 Å². The van der Waals surface area contributed by atoms with Gasteiger partial charge in [-0.3, -0.25) is 4.79 Å². The van der Waals surface area contributed by atoms with E-state index in [4.69, 9.17) is 11.6 Å². The van der Waals surface area contributed by atoms with Crippen molar-refractivity contribution in [2.75, 3.05) is 5.88 Å². The molecule has 0 aromatic heterocycles. The van der Waals surface area contributed by atoms with E-state index in [1.807, 2.05) is 0 Å². The van der Waals surface area contributed by atoms with Crippen LogP contribution in [0, 0.1) is 0 Å². The standard InChI is InChI=1S/C8H13ClOS/c9-6-8(10)11-7-4-2-1-3-5-7/h7H,1-6H2. The summed E-state index contributed by atoms with van der Waals surface area (Å²) < 4.78 is 0. The molecule has 1 fully saturated rings. The van der Waals surface area contributed by atoms with E-state index < -0.39 is 0 Å². The lowest BCUT2D eigenvalue weighted by Crippen LogP contribution is -2.11. The van der Waals surface area contributed by atoms with Crippen LogP contribution in [0.2, 0.25) is 0 Å². The summed E-state index contributed by atoms with van der Waals surface area (Å²) in [6.07, 6.45) is 6.31. The molecule has 1 nitrogen and oxygen atoms in total. The predicted molar refractivity (Wildman–Crippen MR) is 50.2 cm³/mol. The second kappa shape index (κ2) is 5.04. The summed E-state index contributed by atoms with van der Waals surface area (Å²) in [5, 5.41) is 0.702. The first-order valence-corrected chi connectivity index (χ1v) is 5.50. The van der Waals surface area contributed by atoms with Gasteiger partial charge in [0, 0.05) is 5.25 Å². The molecule has 0 aliphatic heterocycles. The fourth-order valence-electron chi connectivity index (χ4n) is 1.40. The van der Waals surface area contributed by atoms with Crippen molar-refractivity contribution in [2.24, 2.45) is 0 Å². The third-order valence-electron chi connectivity index (χ3n) is 1.96. The molecule has 0 aromatic carbocycles. The van der Waals surface area contributed by atoms with E-state index in [1.54, 1.807) is 0 Å². The molecular weight excluding hydrogens is 180 g/mol. The average molecular weight is 193 g/mol. The van der Waals surface area contributed by atoms with E-state index in [0.29, 0.717) is 5.25 Å². The number of rotatable bonds is 2. The van der Waals surface area contributed by atoms with E-state index in [2.05, 4.69) is 0 Å². The van der Waals surface area contributed by atoms with Crippen molar-refractivity contribution in [2.45, 2.75) is 37.4 Å². The predicted octanol–water partition coefficient (Wildman–Crippen LogP) is 2.82. The molecule has 64 valence electrons. The summed E-state index contributed by atoms with van der Waals surface area (Å²) in [4.78, 5) is 10.9. The van der Waals surface area contributed by atoms with Crippen LogP contribution in [-0.4, -0.2) is 16.2 Å². The first kappa shape index (κ1) is 9.40. The molecule has 1 rings (SSSR count). The van der Waals surface area contributed by atoms with Gasteiger partial charge >= 0.3 is 0 Å². The zero-order valence-corrected chi connectivity index (χ0v) is 8.09. The van der Waals surface area contributed by atoms with Crippen molar-refractivity contribution < 1.29 is 4.79 Å². The molecule has 0 unspecified atom stereocenters. The number of alkyl halides is 1. The fraction of sp³-hybridized carbons (Fsp3) is 0.875. The first-order chi connectivity index (χ1) is 5.33. The van der Waals surface area contributed by atoms with Crippen molar-refractivity contribution in [3.63, 3.8) is 0 Å². The number of halogens is 1. The van der Waals surface area contributed by atoms with Crippen LogP contribution < -0.4 is 0 Å². The molecule has 1 aliphatic carbocycles. The maximum absolute atomic E-state index is 10.9. The van der Waals surface area contributed by atoms with E-state index >= 15 is 0 Å². The van der Waals surface area contributed by atoms with Crippen molar-refractivity contribution in [1.82, 2.24) is 0 Å². The van der Waals surface area contributed by atoms with Gasteiger partial charge in [-0.1, -0.05) is 31.0 Å². The molecule has 0 aromatic rings. The Morgan fingerprint density at radius 3 is 2.55 bits per heavy atom. The molecule has 11 heavy (non-hydrogen) atoms. The largest absolute Gasteiger partial charge is 0.286 e. The second-order valence-corrected chi connectivity index (χ2v) is 4.51. The minimum Gasteiger partial charge on any atom is -0.286 e. The summed E-state index contributed by atoms with van der Waals surface area (Å²) >= 11 is 6.85. The molecule has 1 saturated carbocycles. The van der Waals surface area contributed by atoms with Gasteiger partial charge in [0.05, 0.1) is 5.88 Å². The van der Waals surface area contributed by atoms with E-state index in [-0.39, 0.29) is 11.0 Å². The highest BCUT2D eigenvalue weighted by Crippen LogP contribution is 2.28. The SMILES string of the molecule is O=C(CCl)SC1CCCCC1. The van der Waals surface area contributed by atoms with Crippen molar-refractivity contribution in [1.29, 1.82) is 0 Å². The summed E-state index contributed by atoms with van der Waals surface area (Å²) in [5.74, 6) is 0.168. The lowest BCUT2D eigenvalue weighted by atomic mass is 10.0. The molecule has 3 heteroatoms. The summed E-state index contributed by atoms with van der Waals surface area (Å²) in [5.41, 5.74) is 0. The van der Waals surface area contributed by atoms with Crippen molar-refractivity contribution in [3.8, 4) is 0 Å². The first-order valence-electron chi connectivity index (χ1n) is 4.08. The van der Waals surface area contributed by atoms with Gasteiger partial charge in [-0.2, -0.15) is 0 Å². The van der Waals surface area contributed by atoms with Gasteiger partial charge in [0.25, 0.3) is 0 Å². The second-order valence-electron chi connectivity index (χ2n) is 2.88. The summed E-state index contributed by atoms with van der Waals surface area (Å²) in [6, 6.07) is 0. The van der Waals surface area contributed by atoms with Crippen LogP contribution in [0.4, 0.5) is 0 Å². The number of hydrogen-bond acceptors (Lipinski definition) is 2. The monoisotopic (exact) mass is 192 g/mol. The number of hydrogen-bond donors (Lipinski definition) is 0. The Hall–Kier alpha value is 0.310. The molecular formula is C8H13ClOS. The lowest BCUT2D eigenvalue weighted by Gasteiger charge is -2.19. The van der Waals surface area contributed by atoms with Crippen LogP contribution in [0.15, 0.2) is 0 Å². The molecule has 0 N–H and O–H groups in total. The minimum atomic E-state index is 0.138. The van der Waals surface area contributed by atoms with Gasteiger partial charge in [-0.15, -0.1) is 11.6 Å². The van der Waals surface area contributed by atoms with Crippen LogP contribution in [0.3, 0.4) is 0 Å². The summed E-state index contributed by atoms with van der Waals surface area (Å²) in [6.45, 7) is 0. The maximum atomic E-state index is 10.9. The molecule has 0 atom stereocenters. The molecule has 0 spiro atoms. The van der Waals surface area contributed by atoms with E-state index in [0.717, 1.165) is 0 Å². The van der Waals surface area contributed by atoms with Crippen LogP contribution in [0.1, 0.15) is 32.1 Å². The quantitative estimate of drug-likeness (QED) is 0.626. The fourth-order valence-corrected chi connectivity index (χ4v) is 2.59. The Morgan fingerprint density at radius 1 is 1.36 bits per heavy atom. The molecule has 0 radical (unpaired) electrons. The highest BCUT2D eigenvalue weighted by molar-refractivity contribution is 8.14. The van der Waals surface area contributed by atoms with Crippen molar-refractivity contribution in [3.05, 3.63) is 0 Å². The van der Waals surface area contributed by atoms with Gasteiger partial charge < -0.3 is 0 Å². The van der Waals surface area contributed by atoms with E-state index in [9.17, 15) is 4.79 Å². The lowest BCUT2D eigenvalue weighted by molar-refractivity contribution is -0.108. The normalized spacial score (nSPS) is 20.1. The van der Waals surface area contributed by atoms with Gasteiger partial charge in [0.2, 0.25) is 5.12 Å². The summed E-state index contributed by atoms with van der Waals surface area (Å²) in [7, 11) is 0. The number of carbonyl (C=O) groups excluding carboxylic acids is 1. The van der Waals surface area contributed by atoms with Crippen molar-refractivity contribution >= 4 is 28.5 Å². The number of thioether (sulfide) groups is 1. The molecule has 0 bridgehead atoms. The maximum Gasteiger partial charge on any atom is 0.203 e. The molecule has 0 heterocycles. The van der Waals surface area contributed by atoms with Crippen LogP contribution in [0.25, 0.3) is 0 Å². The van der Waals surface area contributed by atoms with Crippen LogP contribution >= 0.6 is 23.4 Å². The third kappa shape index (κ3) is 3.48. The number of carbonyl (C=O) groups is 1. The van der Waals surface area contributed by atoms with E-state index in [1.165, 1.54) is 43.9 Å². The Kier molecular flexibility index (Phi) is 4.31. The third-order valence-corrected chi connectivity index (χ3v) is 3.57. The molecule has 0 amide bonds. The van der Waals surface area contributed by atoms with Crippen LogP contribution in [-0.2, 0) is 4.79 Å². The molecule has 1 aliphatic rings. The highest BCUT2D eigenvalue weighted by Gasteiger charge is 2.16. The topological polar surface area (TPSA) is 17.1 Å².